The molecule has 0 aliphatic rings. The van der Waals surface area contributed by atoms with Gasteiger partial charge in [0, 0.05) is 4.47 Å². The highest BCUT2D eigenvalue weighted by atomic mass is 79.9. The molecule has 0 unspecified atom stereocenters. The highest BCUT2D eigenvalue weighted by Crippen LogP contribution is 2.15. The van der Waals surface area contributed by atoms with E-state index in [-0.39, 0.29) is 6.61 Å². The van der Waals surface area contributed by atoms with Crippen LogP contribution in [0.15, 0.2) is 28.7 Å². The van der Waals surface area contributed by atoms with Crippen LogP contribution in [0, 0.1) is 0 Å². The Hall–Kier alpha value is -0.345. The Bertz CT molecular complexity index is 297. The molecule has 0 amide bonds. The average molecular weight is 261 g/mol. The standard InChI is InChI=1S/C9H8B3BrO2/c10-9(11,12)15-6-5-14-8-3-1-7(13)2-4-8/h1-4H,5-6H2. The first-order chi connectivity index (χ1) is 6.97. The lowest BCUT2D eigenvalue weighted by molar-refractivity contribution is 0.0949. The molecule has 0 N–H and O–H groups in total. The minimum Gasteiger partial charge on any atom is -0.491 e. The third-order valence-electron chi connectivity index (χ3n) is 1.52. The number of hydrogen-bond donors (Lipinski definition) is 0. The maximum Gasteiger partial charge on any atom is 0.119 e. The molecule has 2 nitrogen and oxygen atoms in total. The second kappa shape index (κ2) is 5.66. The fourth-order valence-corrected chi connectivity index (χ4v) is 1.17. The number of benzene rings is 1. The molecule has 1 aromatic carbocycles. The predicted octanol–water partition coefficient (Wildman–Crippen LogP) is 0.961. The van der Waals surface area contributed by atoms with Gasteiger partial charge < -0.3 is 9.47 Å². The molecule has 0 fully saturated rings. The lowest BCUT2D eigenvalue weighted by Crippen LogP contribution is -2.35. The summed E-state index contributed by atoms with van der Waals surface area (Å²) >= 11 is 3.32. The number of hydrogen-bond acceptors (Lipinski definition) is 2. The van der Waals surface area contributed by atoms with Crippen molar-refractivity contribution in [2.45, 2.75) is 5.30 Å². The Kier molecular flexibility index (Phi) is 4.80. The Morgan fingerprint density at radius 1 is 1.07 bits per heavy atom. The summed E-state index contributed by atoms with van der Waals surface area (Å²) in [6, 6.07) is 7.44. The fraction of sp³-hybridized carbons (Fsp3) is 0.333. The summed E-state index contributed by atoms with van der Waals surface area (Å²) in [6.07, 6.45) is 0. The fourth-order valence-electron chi connectivity index (χ4n) is 0.909. The lowest BCUT2D eigenvalue weighted by atomic mass is 9.52. The molecular weight excluding hydrogens is 252 g/mol. The van der Waals surface area contributed by atoms with Gasteiger partial charge in [0.2, 0.25) is 0 Å². The second-order valence-electron chi connectivity index (χ2n) is 3.00. The summed E-state index contributed by atoms with van der Waals surface area (Å²) < 4.78 is 11.2. The topological polar surface area (TPSA) is 18.5 Å². The molecule has 6 radical (unpaired) electrons. The molecule has 15 heavy (non-hydrogen) atoms. The van der Waals surface area contributed by atoms with Crippen molar-refractivity contribution in [1.29, 1.82) is 0 Å². The van der Waals surface area contributed by atoms with E-state index in [0.717, 1.165) is 10.2 Å². The van der Waals surface area contributed by atoms with Gasteiger partial charge in [-0.15, -0.1) is 0 Å². The van der Waals surface area contributed by atoms with Crippen molar-refractivity contribution in [3.8, 4) is 5.75 Å². The van der Waals surface area contributed by atoms with Crippen LogP contribution >= 0.6 is 15.9 Å². The predicted molar refractivity (Wildman–Crippen MR) is 65.6 cm³/mol. The maximum absolute atomic E-state index is 5.34. The van der Waals surface area contributed by atoms with E-state index < -0.39 is 5.30 Å². The number of halogens is 1. The van der Waals surface area contributed by atoms with Gasteiger partial charge in [0.05, 0.1) is 30.1 Å². The van der Waals surface area contributed by atoms with Gasteiger partial charge in [-0.3, -0.25) is 0 Å². The summed E-state index contributed by atoms with van der Waals surface area (Å²) in [4.78, 5) is 0. The molecule has 72 valence electrons. The highest BCUT2D eigenvalue weighted by Gasteiger charge is 2.07. The Morgan fingerprint density at radius 3 is 2.20 bits per heavy atom. The van der Waals surface area contributed by atoms with Crippen molar-refractivity contribution in [1.82, 2.24) is 0 Å². The average Bonchev–Trinajstić information content (AvgIpc) is 2.14. The molecule has 0 spiro atoms. The van der Waals surface area contributed by atoms with Gasteiger partial charge in [-0.1, -0.05) is 15.9 Å². The SMILES string of the molecule is [B]C([B])([B])OCCOc1ccc(Br)cc1. The van der Waals surface area contributed by atoms with E-state index in [1.165, 1.54) is 0 Å². The van der Waals surface area contributed by atoms with Crippen molar-refractivity contribution >= 4 is 39.5 Å². The van der Waals surface area contributed by atoms with E-state index in [0.29, 0.717) is 6.61 Å². The molecule has 0 aliphatic heterocycles. The van der Waals surface area contributed by atoms with E-state index >= 15 is 0 Å². The molecule has 1 rings (SSSR count). The molecule has 0 heterocycles. The zero-order valence-corrected chi connectivity index (χ0v) is 9.74. The molecule has 1 aromatic rings. The van der Waals surface area contributed by atoms with Crippen molar-refractivity contribution in [3.05, 3.63) is 28.7 Å². The van der Waals surface area contributed by atoms with Crippen LogP contribution in [0.5, 0.6) is 5.75 Å². The van der Waals surface area contributed by atoms with Gasteiger partial charge >= 0.3 is 0 Å². The molecule has 0 saturated carbocycles. The highest BCUT2D eigenvalue weighted by molar-refractivity contribution is 9.10. The molecule has 0 aromatic heterocycles. The van der Waals surface area contributed by atoms with Crippen LogP contribution in [-0.4, -0.2) is 42.1 Å². The van der Waals surface area contributed by atoms with E-state index in [2.05, 4.69) is 15.9 Å². The first-order valence-electron chi connectivity index (χ1n) is 4.36. The van der Waals surface area contributed by atoms with Crippen molar-refractivity contribution in [2.75, 3.05) is 13.2 Å². The van der Waals surface area contributed by atoms with Gasteiger partial charge in [0.15, 0.2) is 0 Å². The molecule has 0 saturated heterocycles. The normalized spacial score (nSPS) is 11.3. The maximum atomic E-state index is 5.34. The first kappa shape index (κ1) is 12.7. The molecule has 0 atom stereocenters. The van der Waals surface area contributed by atoms with Gasteiger partial charge in [-0.25, -0.2) is 0 Å². The lowest BCUT2D eigenvalue weighted by Gasteiger charge is -2.21. The quantitative estimate of drug-likeness (QED) is 0.580. The van der Waals surface area contributed by atoms with Crippen LogP contribution in [0.4, 0.5) is 0 Å². The zero-order valence-electron chi connectivity index (χ0n) is 8.15. The summed E-state index contributed by atoms with van der Waals surface area (Å²) in [5, 5.41) is -1.59. The summed E-state index contributed by atoms with van der Waals surface area (Å²) in [5.74, 6) is 0.749. The Morgan fingerprint density at radius 2 is 1.67 bits per heavy atom. The summed E-state index contributed by atoms with van der Waals surface area (Å²) in [7, 11) is 15.6. The van der Waals surface area contributed by atoms with E-state index in [1.54, 1.807) is 0 Å². The third kappa shape index (κ3) is 5.95. The molecule has 0 bridgehead atoms. The van der Waals surface area contributed by atoms with Crippen LogP contribution in [0.2, 0.25) is 0 Å². The summed E-state index contributed by atoms with van der Waals surface area (Å²) in [5.41, 5.74) is 0. The first-order valence-corrected chi connectivity index (χ1v) is 5.15. The monoisotopic (exact) mass is 260 g/mol. The molecular formula is C9H8B3BrO2. The Balaban J connectivity index is 2.23. The van der Waals surface area contributed by atoms with Gasteiger partial charge in [-0.2, -0.15) is 0 Å². The number of ether oxygens (including phenoxy) is 2. The zero-order chi connectivity index (χ0) is 11.3. The van der Waals surface area contributed by atoms with Crippen molar-refractivity contribution in [2.24, 2.45) is 0 Å². The van der Waals surface area contributed by atoms with Gasteiger partial charge in [-0.05, 0) is 29.6 Å². The van der Waals surface area contributed by atoms with Gasteiger partial charge in [0.1, 0.15) is 12.4 Å². The van der Waals surface area contributed by atoms with Crippen molar-refractivity contribution in [3.63, 3.8) is 0 Å². The second-order valence-corrected chi connectivity index (χ2v) is 3.92. The summed E-state index contributed by atoms with van der Waals surface area (Å²) in [6.45, 7) is 0.578. The smallest absolute Gasteiger partial charge is 0.119 e. The van der Waals surface area contributed by atoms with E-state index in [1.807, 2.05) is 24.3 Å². The number of rotatable bonds is 5. The third-order valence-corrected chi connectivity index (χ3v) is 2.05. The largest absolute Gasteiger partial charge is 0.491 e. The minimum absolute atomic E-state index is 0.236. The van der Waals surface area contributed by atoms with Crippen LogP contribution < -0.4 is 4.74 Å². The van der Waals surface area contributed by atoms with Crippen LogP contribution in [0.3, 0.4) is 0 Å². The van der Waals surface area contributed by atoms with Crippen molar-refractivity contribution < 1.29 is 9.47 Å². The Labute approximate surface area is 102 Å². The van der Waals surface area contributed by atoms with E-state index in [9.17, 15) is 0 Å². The van der Waals surface area contributed by atoms with Crippen LogP contribution in [0.25, 0.3) is 0 Å². The minimum atomic E-state index is -1.59. The molecule has 0 aliphatic carbocycles. The van der Waals surface area contributed by atoms with E-state index in [4.69, 9.17) is 33.0 Å². The van der Waals surface area contributed by atoms with Gasteiger partial charge in [0.25, 0.3) is 0 Å². The van der Waals surface area contributed by atoms with Crippen LogP contribution in [-0.2, 0) is 4.74 Å². The van der Waals surface area contributed by atoms with Crippen LogP contribution in [0.1, 0.15) is 0 Å². The molecule has 6 heteroatoms.